The average molecular weight is 308 g/mol. The van der Waals surface area contributed by atoms with Crippen LogP contribution in [0.3, 0.4) is 0 Å². The van der Waals surface area contributed by atoms with Crippen molar-refractivity contribution in [3.05, 3.63) is 58.6 Å². The lowest BCUT2D eigenvalue weighted by Crippen LogP contribution is -2.05. The molecule has 1 unspecified atom stereocenters. The van der Waals surface area contributed by atoms with Crippen molar-refractivity contribution in [3.63, 3.8) is 0 Å². The first-order chi connectivity index (χ1) is 9.60. The van der Waals surface area contributed by atoms with Gasteiger partial charge in [-0.05, 0) is 42.8 Å². The Morgan fingerprint density at radius 3 is 2.70 bits per heavy atom. The van der Waals surface area contributed by atoms with Crippen LogP contribution in [0.4, 0.5) is 0 Å². The maximum absolute atomic E-state index is 6.00. The van der Waals surface area contributed by atoms with E-state index in [0.717, 1.165) is 32.5 Å². The highest BCUT2D eigenvalue weighted by Crippen LogP contribution is 2.30. The van der Waals surface area contributed by atoms with E-state index in [9.17, 15) is 0 Å². The standard InChI is InChI=1S/C16H18ClNOS/c1-11(18)12-6-7-16(19-2)13(8-12)10-20-15-5-3-4-14(17)9-15/h3-9,11H,10,18H2,1-2H3. The molecule has 0 saturated carbocycles. The second-order valence-corrected chi connectivity index (χ2v) is 6.09. The quantitative estimate of drug-likeness (QED) is 0.816. The molecule has 0 aliphatic rings. The van der Waals surface area contributed by atoms with Gasteiger partial charge in [0.2, 0.25) is 0 Å². The third-order valence-electron chi connectivity index (χ3n) is 3.02. The SMILES string of the molecule is COc1ccc(C(C)N)cc1CSc1cccc(Cl)c1. The van der Waals surface area contributed by atoms with Gasteiger partial charge in [0.1, 0.15) is 5.75 Å². The molecule has 0 radical (unpaired) electrons. The van der Waals surface area contributed by atoms with Gasteiger partial charge in [0.25, 0.3) is 0 Å². The van der Waals surface area contributed by atoms with E-state index in [2.05, 4.69) is 12.1 Å². The molecule has 2 nitrogen and oxygen atoms in total. The average Bonchev–Trinajstić information content (AvgIpc) is 2.44. The summed E-state index contributed by atoms with van der Waals surface area (Å²) in [4.78, 5) is 1.14. The Labute approximate surface area is 129 Å². The summed E-state index contributed by atoms with van der Waals surface area (Å²) in [5.41, 5.74) is 8.20. The van der Waals surface area contributed by atoms with Crippen LogP contribution in [0, 0.1) is 0 Å². The van der Waals surface area contributed by atoms with Gasteiger partial charge in [0.05, 0.1) is 7.11 Å². The highest BCUT2D eigenvalue weighted by atomic mass is 35.5. The number of halogens is 1. The fraction of sp³-hybridized carbons (Fsp3) is 0.250. The minimum Gasteiger partial charge on any atom is -0.496 e. The van der Waals surface area contributed by atoms with Gasteiger partial charge in [0, 0.05) is 27.3 Å². The van der Waals surface area contributed by atoms with E-state index in [0.29, 0.717) is 0 Å². The predicted molar refractivity (Wildman–Crippen MR) is 86.6 cm³/mol. The van der Waals surface area contributed by atoms with Crippen molar-refractivity contribution >= 4 is 23.4 Å². The molecule has 0 fully saturated rings. The zero-order valence-corrected chi connectivity index (χ0v) is 13.2. The van der Waals surface area contributed by atoms with Crippen molar-refractivity contribution in [3.8, 4) is 5.75 Å². The van der Waals surface area contributed by atoms with Gasteiger partial charge >= 0.3 is 0 Å². The lowest BCUT2D eigenvalue weighted by molar-refractivity contribution is 0.411. The Bertz CT molecular complexity index is 586. The van der Waals surface area contributed by atoms with E-state index in [4.69, 9.17) is 22.1 Å². The summed E-state index contributed by atoms with van der Waals surface area (Å²) in [5.74, 6) is 1.72. The van der Waals surface area contributed by atoms with Crippen LogP contribution < -0.4 is 10.5 Å². The van der Waals surface area contributed by atoms with Gasteiger partial charge in [0.15, 0.2) is 0 Å². The minimum atomic E-state index is 0.0239. The Balaban J connectivity index is 2.17. The van der Waals surface area contributed by atoms with Gasteiger partial charge in [-0.1, -0.05) is 23.7 Å². The molecule has 0 amide bonds. The van der Waals surface area contributed by atoms with E-state index in [-0.39, 0.29) is 6.04 Å². The van der Waals surface area contributed by atoms with Gasteiger partial charge in [-0.15, -0.1) is 11.8 Å². The predicted octanol–water partition coefficient (Wildman–Crippen LogP) is 4.66. The van der Waals surface area contributed by atoms with Crippen LogP contribution in [-0.4, -0.2) is 7.11 Å². The normalized spacial score (nSPS) is 12.2. The summed E-state index contributed by atoms with van der Waals surface area (Å²) in [6.07, 6.45) is 0. The molecule has 0 heterocycles. The maximum Gasteiger partial charge on any atom is 0.122 e. The van der Waals surface area contributed by atoms with E-state index >= 15 is 0 Å². The van der Waals surface area contributed by atoms with Crippen LogP contribution in [0.1, 0.15) is 24.1 Å². The van der Waals surface area contributed by atoms with Gasteiger partial charge < -0.3 is 10.5 Å². The molecule has 0 aliphatic carbocycles. The molecule has 0 aliphatic heterocycles. The number of ether oxygens (including phenoxy) is 1. The van der Waals surface area contributed by atoms with Crippen molar-refractivity contribution in [1.29, 1.82) is 0 Å². The van der Waals surface area contributed by atoms with Crippen LogP contribution in [0.15, 0.2) is 47.4 Å². The first-order valence-electron chi connectivity index (χ1n) is 6.41. The third kappa shape index (κ3) is 3.92. The summed E-state index contributed by atoms with van der Waals surface area (Å²) in [6, 6.07) is 14.0. The van der Waals surface area contributed by atoms with Crippen molar-refractivity contribution in [1.82, 2.24) is 0 Å². The van der Waals surface area contributed by atoms with Crippen LogP contribution in [0.2, 0.25) is 5.02 Å². The van der Waals surface area contributed by atoms with Gasteiger partial charge in [-0.2, -0.15) is 0 Å². The van der Waals surface area contributed by atoms with Crippen molar-refractivity contribution in [2.45, 2.75) is 23.6 Å². The molecule has 0 bridgehead atoms. The van der Waals surface area contributed by atoms with Gasteiger partial charge in [-0.3, -0.25) is 0 Å². The molecule has 0 aromatic heterocycles. The molecule has 0 saturated heterocycles. The summed E-state index contributed by atoms with van der Waals surface area (Å²) < 4.78 is 5.41. The maximum atomic E-state index is 6.00. The lowest BCUT2D eigenvalue weighted by atomic mass is 10.1. The van der Waals surface area contributed by atoms with Crippen molar-refractivity contribution in [2.24, 2.45) is 5.73 Å². The molecular formula is C16H18ClNOS. The zero-order chi connectivity index (χ0) is 14.5. The molecule has 20 heavy (non-hydrogen) atoms. The number of methoxy groups -OCH3 is 1. The summed E-state index contributed by atoms with van der Waals surface area (Å²) in [7, 11) is 1.69. The van der Waals surface area contributed by atoms with Crippen molar-refractivity contribution in [2.75, 3.05) is 7.11 Å². The Kier molecular flexibility index (Phi) is 5.35. The summed E-state index contributed by atoms with van der Waals surface area (Å²) in [6.45, 7) is 1.98. The molecular weight excluding hydrogens is 290 g/mol. The topological polar surface area (TPSA) is 35.2 Å². The van der Waals surface area contributed by atoms with E-state index in [1.165, 1.54) is 0 Å². The molecule has 106 valence electrons. The summed E-state index contributed by atoms with van der Waals surface area (Å²) >= 11 is 7.73. The highest BCUT2D eigenvalue weighted by molar-refractivity contribution is 7.98. The lowest BCUT2D eigenvalue weighted by Gasteiger charge is -2.12. The Hall–Kier alpha value is -1.16. The smallest absolute Gasteiger partial charge is 0.122 e. The van der Waals surface area contributed by atoms with Crippen LogP contribution in [0.5, 0.6) is 5.75 Å². The van der Waals surface area contributed by atoms with Gasteiger partial charge in [-0.25, -0.2) is 0 Å². The van der Waals surface area contributed by atoms with Crippen LogP contribution in [0.25, 0.3) is 0 Å². The van der Waals surface area contributed by atoms with E-state index < -0.39 is 0 Å². The fourth-order valence-corrected chi connectivity index (χ4v) is 3.10. The van der Waals surface area contributed by atoms with Crippen LogP contribution >= 0.6 is 23.4 Å². The third-order valence-corrected chi connectivity index (χ3v) is 4.30. The largest absolute Gasteiger partial charge is 0.496 e. The fourth-order valence-electron chi connectivity index (χ4n) is 1.91. The first kappa shape index (κ1) is 15.2. The van der Waals surface area contributed by atoms with E-state index in [1.807, 2.05) is 37.3 Å². The number of benzene rings is 2. The molecule has 2 aromatic carbocycles. The molecule has 2 aromatic rings. The Morgan fingerprint density at radius 1 is 1.25 bits per heavy atom. The molecule has 1 atom stereocenters. The summed E-state index contributed by atoms with van der Waals surface area (Å²) in [5, 5.41) is 0.756. The number of thioether (sulfide) groups is 1. The molecule has 4 heteroatoms. The second-order valence-electron chi connectivity index (χ2n) is 4.61. The monoisotopic (exact) mass is 307 g/mol. The number of rotatable bonds is 5. The zero-order valence-electron chi connectivity index (χ0n) is 11.6. The first-order valence-corrected chi connectivity index (χ1v) is 7.77. The Morgan fingerprint density at radius 2 is 2.05 bits per heavy atom. The van der Waals surface area contributed by atoms with Crippen molar-refractivity contribution < 1.29 is 4.74 Å². The molecule has 2 rings (SSSR count). The van der Waals surface area contributed by atoms with E-state index in [1.54, 1.807) is 18.9 Å². The highest BCUT2D eigenvalue weighted by Gasteiger charge is 2.08. The van der Waals surface area contributed by atoms with Crippen LogP contribution in [-0.2, 0) is 5.75 Å². The number of hydrogen-bond acceptors (Lipinski definition) is 3. The number of nitrogens with two attached hydrogens (primary N) is 1. The second kappa shape index (κ2) is 7.02. The number of hydrogen-bond donors (Lipinski definition) is 1. The minimum absolute atomic E-state index is 0.0239. The molecule has 2 N–H and O–H groups in total. The molecule has 0 spiro atoms.